The van der Waals surface area contributed by atoms with Crippen molar-refractivity contribution in [2.75, 3.05) is 4.90 Å². The number of nitrogens with zero attached hydrogens (tertiary/aromatic N) is 2. The Hall–Kier alpha value is -5.41. The van der Waals surface area contributed by atoms with E-state index in [9.17, 15) is 0 Å². The summed E-state index contributed by atoms with van der Waals surface area (Å²) >= 11 is 0. The van der Waals surface area contributed by atoms with Gasteiger partial charge in [-0.15, -0.1) is 0 Å². The van der Waals surface area contributed by atoms with E-state index in [4.69, 9.17) is 9.40 Å². The quantitative estimate of drug-likeness (QED) is 0.207. The van der Waals surface area contributed by atoms with Gasteiger partial charge in [-0.2, -0.15) is 0 Å². The number of aromatic nitrogens is 1. The normalized spacial score (nSPS) is 18.2. The highest BCUT2D eigenvalue weighted by atomic mass is 16.3. The fourth-order valence-corrected chi connectivity index (χ4v) is 7.76. The fraction of sp³-hybridized carbons (Fsp3) is 0.119. The molecule has 3 heteroatoms. The number of rotatable bonds is 4. The summed E-state index contributed by atoms with van der Waals surface area (Å²) in [5.41, 5.74) is 10.1. The standard InChI is InChI=1S/C42H32N2O/c1-42(2)37-15-9-8-14-34(37)35-24-31(21-22-38(35)42)44(30-19-16-28(17-20-30)27-10-4-3-5-11-27)32-25-36-40-33-13-7-6-12-29(33)18-23-39(40)45-41(36)43-26-32/h3-26,35,38H,1-2H3. The second-order valence-electron chi connectivity index (χ2n) is 12.9. The highest BCUT2D eigenvalue weighted by Gasteiger charge is 2.45. The molecule has 0 radical (unpaired) electrons. The SMILES string of the molecule is CC1(C)c2ccccc2C2C=C(N(c3ccc(-c4ccccc4)cc3)c3cnc4oc5ccc6ccccc6c5c4c3)C=CC21. The molecule has 0 spiro atoms. The van der Waals surface area contributed by atoms with E-state index in [-0.39, 0.29) is 5.41 Å². The Morgan fingerprint density at radius 3 is 2.33 bits per heavy atom. The van der Waals surface area contributed by atoms with Crippen LogP contribution < -0.4 is 4.90 Å². The molecule has 0 saturated heterocycles. The van der Waals surface area contributed by atoms with Gasteiger partial charge < -0.3 is 9.32 Å². The zero-order valence-electron chi connectivity index (χ0n) is 25.3. The van der Waals surface area contributed by atoms with Crippen molar-refractivity contribution < 1.29 is 4.42 Å². The Kier molecular flexibility index (Phi) is 5.67. The molecule has 0 amide bonds. The van der Waals surface area contributed by atoms with E-state index in [2.05, 4.69) is 158 Å². The molecule has 0 aliphatic heterocycles. The third kappa shape index (κ3) is 4.00. The van der Waals surface area contributed by atoms with Gasteiger partial charge in [0.15, 0.2) is 0 Å². The maximum Gasteiger partial charge on any atom is 0.227 e. The van der Waals surface area contributed by atoms with Crippen LogP contribution in [0, 0.1) is 5.92 Å². The second kappa shape index (κ2) is 9.80. The summed E-state index contributed by atoms with van der Waals surface area (Å²) in [5.74, 6) is 0.712. The molecule has 2 heterocycles. The molecule has 2 aliphatic carbocycles. The molecule has 0 N–H and O–H groups in total. The summed E-state index contributed by atoms with van der Waals surface area (Å²) < 4.78 is 6.27. The Labute approximate surface area is 262 Å². The number of pyridine rings is 1. The van der Waals surface area contributed by atoms with Gasteiger partial charge in [-0.25, -0.2) is 4.98 Å². The van der Waals surface area contributed by atoms with E-state index >= 15 is 0 Å². The third-order valence-corrected chi connectivity index (χ3v) is 10.0. The molecule has 9 rings (SSSR count). The molecule has 3 nitrogen and oxygen atoms in total. The van der Waals surface area contributed by atoms with Crippen LogP contribution >= 0.6 is 0 Å². The molecular formula is C42H32N2O. The van der Waals surface area contributed by atoms with Gasteiger partial charge in [-0.1, -0.05) is 123 Å². The lowest BCUT2D eigenvalue weighted by molar-refractivity contribution is 0.393. The van der Waals surface area contributed by atoms with Crippen molar-refractivity contribution in [3.05, 3.63) is 163 Å². The lowest BCUT2D eigenvalue weighted by Crippen LogP contribution is -2.27. The molecule has 45 heavy (non-hydrogen) atoms. The summed E-state index contributed by atoms with van der Waals surface area (Å²) in [7, 11) is 0. The summed E-state index contributed by atoms with van der Waals surface area (Å²) in [6.07, 6.45) is 9.16. The zero-order valence-corrected chi connectivity index (χ0v) is 25.3. The van der Waals surface area contributed by atoms with E-state index in [0.717, 1.165) is 33.4 Å². The smallest absolute Gasteiger partial charge is 0.227 e. The summed E-state index contributed by atoms with van der Waals surface area (Å²) in [5, 5.41) is 4.50. The van der Waals surface area contributed by atoms with Crippen molar-refractivity contribution >= 4 is 44.2 Å². The van der Waals surface area contributed by atoms with Crippen LogP contribution in [0.4, 0.5) is 11.4 Å². The number of hydrogen-bond acceptors (Lipinski definition) is 3. The van der Waals surface area contributed by atoms with Crippen molar-refractivity contribution in [2.45, 2.75) is 25.2 Å². The van der Waals surface area contributed by atoms with Crippen LogP contribution in [0.2, 0.25) is 0 Å². The minimum Gasteiger partial charge on any atom is -0.438 e. The Morgan fingerprint density at radius 1 is 0.711 bits per heavy atom. The highest BCUT2D eigenvalue weighted by molar-refractivity contribution is 6.18. The Morgan fingerprint density at radius 2 is 1.47 bits per heavy atom. The third-order valence-electron chi connectivity index (χ3n) is 10.0. The van der Waals surface area contributed by atoms with Crippen LogP contribution in [0.25, 0.3) is 44.0 Å². The molecule has 7 aromatic rings. The van der Waals surface area contributed by atoms with Crippen molar-refractivity contribution in [2.24, 2.45) is 5.92 Å². The van der Waals surface area contributed by atoms with Gasteiger partial charge in [0.05, 0.1) is 17.3 Å². The minimum atomic E-state index is 0.0686. The Balaban J connectivity index is 1.23. The van der Waals surface area contributed by atoms with Crippen LogP contribution in [-0.2, 0) is 5.41 Å². The van der Waals surface area contributed by atoms with Crippen LogP contribution in [-0.4, -0.2) is 4.98 Å². The maximum atomic E-state index is 6.27. The van der Waals surface area contributed by atoms with Crippen LogP contribution in [0.15, 0.2) is 156 Å². The largest absolute Gasteiger partial charge is 0.438 e. The average molecular weight is 581 g/mol. The van der Waals surface area contributed by atoms with Gasteiger partial charge >= 0.3 is 0 Å². The second-order valence-corrected chi connectivity index (χ2v) is 12.9. The van der Waals surface area contributed by atoms with Gasteiger partial charge in [0.2, 0.25) is 5.71 Å². The first kappa shape index (κ1) is 26.0. The molecule has 0 fully saturated rings. The van der Waals surface area contributed by atoms with E-state index in [0.29, 0.717) is 17.5 Å². The van der Waals surface area contributed by atoms with Gasteiger partial charge in [0.1, 0.15) is 5.58 Å². The molecule has 0 bridgehead atoms. The average Bonchev–Trinajstić information content (AvgIpc) is 3.58. The number of anilines is 2. The minimum absolute atomic E-state index is 0.0686. The molecular weight excluding hydrogens is 548 g/mol. The van der Waals surface area contributed by atoms with Crippen molar-refractivity contribution in [1.29, 1.82) is 0 Å². The van der Waals surface area contributed by atoms with Gasteiger partial charge in [-0.3, -0.25) is 0 Å². The van der Waals surface area contributed by atoms with E-state index < -0.39 is 0 Å². The highest BCUT2D eigenvalue weighted by Crippen LogP contribution is 2.54. The number of fused-ring (bicyclic) bond motifs is 8. The molecule has 2 aliphatic rings. The first-order chi connectivity index (χ1) is 22.1. The van der Waals surface area contributed by atoms with Gasteiger partial charge in [0.25, 0.3) is 0 Å². The van der Waals surface area contributed by atoms with E-state index in [1.54, 1.807) is 0 Å². The van der Waals surface area contributed by atoms with E-state index in [1.807, 2.05) is 6.20 Å². The number of furan rings is 1. The molecule has 216 valence electrons. The van der Waals surface area contributed by atoms with E-state index in [1.165, 1.54) is 33.0 Å². The topological polar surface area (TPSA) is 29.3 Å². The predicted molar refractivity (Wildman–Crippen MR) is 186 cm³/mol. The molecule has 0 saturated carbocycles. The number of allylic oxidation sites excluding steroid dienone is 3. The summed E-state index contributed by atoms with van der Waals surface area (Å²) in [4.78, 5) is 7.25. The van der Waals surface area contributed by atoms with Crippen molar-refractivity contribution in [1.82, 2.24) is 4.98 Å². The van der Waals surface area contributed by atoms with Gasteiger partial charge in [-0.05, 0) is 74.7 Å². The Bertz CT molecular complexity index is 2310. The first-order valence-corrected chi connectivity index (χ1v) is 15.7. The fourth-order valence-electron chi connectivity index (χ4n) is 7.76. The number of benzene rings is 5. The lowest BCUT2D eigenvalue weighted by atomic mass is 9.74. The molecule has 2 aromatic heterocycles. The van der Waals surface area contributed by atoms with Crippen molar-refractivity contribution in [3.8, 4) is 11.1 Å². The predicted octanol–water partition coefficient (Wildman–Crippen LogP) is 11.1. The first-order valence-electron chi connectivity index (χ1n) is 15.7. The van der Waals surface area contributed by atoms with Crippen LogP contribution in [0.3, 0.4) is 0 Å². The van der Waals surface area contributed by atoms with Crippen molar-refractivity contribution in [3.63, 3.8) is 0 Å². The molecule has 2 atom stereocenters. The van der Waals surface area contributed by atoms with Gasteiger partial charge in [0, 0.05) is 22.7 Å². The summed E-state index contributed by atoms with van der Waals surface area (Å²) in [6.45, 7) is 4.76. The number of hydrogen-bond donors (Lipinski definition) is 0. The lowest BCUT2D eigenvalue weighted by Gasteiger charge is -2.34. The monoisotopic (exact) mass is 580 g/mol. The molecule has 2 unspecified atom stereocenters. The summed E-state index contributed by atoms with van der Waals surface area (Å²) in [6, 6.07) is 43.3. The maximum absolute atomic E-state index is 6.27. The van der Waals surface area contributed by atoms with Crippen LogP contribution in [0.5, 0.6) is 0 Å². The molecule has 5 aromatic carbocycles. The zero-order chi connectivity index (χ0) is 30.1. The van der Waals surface area contributed by atoms with Crippen LogP contribution in [0.1, 0.15) is 30.9 Å².